The molecule has 0 aromatic carbocycles. The van der Waals surface area contributed by atoms with E-state index in [1.54, 1.807) is 0 Å². The first-order chi connectivity index (χ1) is 6.74. The van der Waals surface area contributed by atoms with Gasteiger partial charge in [-0.1, -0.05) is 19.9 Å². The average Bonchev–Trinajstić information content (AvgIpc) is 2.18. The Bertz CT molecular complexity index is 244. The van der Waals surface area contributed by atoms with E-state index in [4.69, 9.17) is 0 Å². The van der Waals surface area contributed by atoms with E-state index in [2.05, 4.69) is 30.2 Å². The molecule has 0 amide bonds. The van der Waals surface area contributed by atoms with E-state index in [0.717, 1.165) is 12.5 Å². The minimum Gasteiger partial charge on any atom is -0.319 e. The fourth-order valence-electron chi connectivity index (χ4n) is 1.77. The van der Waals surface area contributed by atoms with Crippen molar-refractivity contribution in [3.8, 4) is 0 Å². The first-order valence-corrected chi connectivity index (χ1v) is 5.28. The van der Waals surface area contributed by atoms with Gasteiger partial charge >= 0.3 is 0 Å². The molecule has 1 unspecified atom stereocenters. The van der Waals surface area contributed by atoms with E-state index in [0.29, 0.717) is 5.92 Å². The van der Waals surface area contributed by atoms with Gasteiger partial charge in [-0.3, -0.25) is 4.98 Å². The predicted octanol–water partition coefficient (Wildman–Crippen LogP) is 2.43. The minimum absolute atomic E-state index is 0.591. The Morgan fingerprint density at radius 1 is 1.43 bits per heavy atom. The molecular formula is C12H20N2. The Labute approximate surface area is 86.8 Å². The summed E-state index contributed by atoms with van der Waals surface area (Å²) in [5.74, 6) is 1.32. The highest BCUT2D eigenvalue weighted by Crippen LogP contribution is 2.21. The molecule has 2 heteroatoms. The largest absolute Gasteiger partial charge is 0.319 e. The molecule has 1 N–H and O–H groups in total. The van der Waals surface area contributed by atoms with Crippen LogP contribution in [0.25, 0.3) is 0 Å². The van der Waals surface area contributed by atoms with Gasteiger partial charge in [-0.15, -0.1) is 0 Å². The lowest BCUT2D eigenvalue weighted by atomic mass is 9.91. The molecule has 0 aliphatic rings. The highest BCUT2D eigenvalue weighted by molar-refractivity contribution is 5.15. The molecule has 1 heterocycles. The molecular weight excluding hydrogens is 172 g/mol. The van der Waals surface area contributed by atoms with Crippen LogP contribution in [0, 0.1) is 5.92 Å². The van der Waals surface area contributed by atoms with Crippen LogP contribution in [0.15, 0.2) is 24.5 Å². The first-order valence-electron chi connectivity index (χ1n) is 5.28. The summed E-state index contributed by atoms with van der Waals surface area (Å²) in [5.41, 5.74) is 1.34. The molecule has 0 bridgehead atoms. The van der Waals surface area contributed by atoms with Gasteiger partial charge < -0.3 is 5.32 Å². The molecule has 0 aliphatic carbocycles. The van der Waals surface area contributed by atoms with Gasteiger partial charge in [-0.25, -0.2) is 0 Å². The van der Waals surface area contributed by atoms with E-state index >= 15 is 0 Å². The number of nitrogens with one attached hydrogen (secondary N) is 1. The SMILES string of the molecule is CNCC(CC(C)C)c1cccnc1. The van der Waals surface area contributed by atoms with Gasteiger partial charge in [0.05, 0.1) is 0 Å². The lowest BCUT2D eigenvalue weighted by Crippen LogP contribution is -2.18. The van der Waals surface area contributed by atoms with Gasteiger partial charge in [-0.2, -0.15) is 0 Å². The summed E-state index contributed by atoms with van der Waals surface area (Å²) in [7, 11) is 2.00. The summed E-state index contributed by atoms with van der Waals surface area (Å²) in [5, 5.41) is 3.24. The Kier molecular flexibility index (Phi) is 4.60. The van der Waals surface area contributed by atoms with E-state index in [-0.39, 0.29) is 0 Å². The van der Waals surface area contributed by atoms with Crippen molar-refractivity contribution in [1.29, 1.82) is 0 Å². The summed E-state index contributed by atoms with van der Waals surface area (Å²) in [4.78, 5) is 4.17. The Balaban J connectivity index is 2.67. The Morgan fingerprint density at radius 2 is 2.21 bits per heavy atom. The molecule has 1 atom stereocenters. The maximum Gasteiger partial charge on any atom is 0.0303 e. The maximum atomic E-state index is 4.17. The summed E-state index contributed by atoms with van der Waals surface area (Å²) in [6, 6.07) is 4.18. The molecule has 0 radical (unpaired) electrons. The summed E-state index contributed by atoms with van der Waals surface area (Å²) in [6.07, 6.45) is 5.02. The Morgan fingerprint density at radius 3 is 2.71 bits per heavy atom. The monoisotopic (exact) mass is 192 g/mol. The molecule has 78 valence electrons. The topological polar surface area (TPSA) is 24.9 Å². The van der Waals surface area contributed by atoms with E-state index in [1.807, 2.05) is 25.5 Å². The van der Waals surface area contributed by atoms with Gasteiger partial charge in [0, 0.05) is 18.9 Å². The fraction of sp³-hybridized carbons (Fsp3) is 0.583. The van der Waals surface area contributed by atoms with Crippen molar-refractivity contribution in [2.24, 2.45) is 5.92 Å². The summed E-state index contributed by atoms with van der Waals surface area (Å²) in [6.45, 7) is 5.56. The predicted molar refractivity (Wildman–Crippen MR) is 60.4 cm³/mol. The molecule has 0 aliphatic heterocycles. The third kappa shape index (κ3) is 3.46. The number of hydrogen-bond donors (Lipinski definition) is 1. The van der Waals surface area contributed by atoms with Gasteiger partial charge in [0.25, 0.3) is 0 Å². The number of likely N-dealkylation sites (N-methyl/N-ethyl adjacent to an activating group) is 1. The van der Waals surface area contributed by atoms with Crippen molar-refractivity contribution in [2.45, 2.75) is 26.2 Å². The molecule has 2 nitrogen and oxygen atoms in total. The normalized spacial score (nSPS) is 13.1. The zero-order chi connectivity index (χ0) is 10.4. The van der Waals surface area contributed by atoms with Gasteiger partial charge in [0.1, 0.15) is 0 Å². The van der Waals surface area contributed by atoms with Gasteiger partial charge in [-0.05, 0) is 36.9 Å². The van der Waals surface area contributed by atoms with Crippen molar-refractivity contribution in [1.82, 2.24) is 10.3 Å². The van der Waals surface area contributed by atoms with Crippen molar-refractivity contribution in [3.63, 3.8) is 0 Å². The smallest absolute Gasteiger partial charge is 0.0303 e. The third-order valence-corrected chi connectivity index (χ3v) is 2.36. The molecule has 0 spiro atoms. The van der Waals surface area contributed by atoms with Crippen LogP contribution in [0.5, 0.6) is 0 Å². The maximum absolute atomic E-state index is 4.17. The van der Waals surface area contributed by atoms with Gasteiger partial charge in [0.2, 0.25) is 0 Å². The van der Waals surface area contributed by atoms with Crippen LogP contribution in [0.3, 0.4) is 0 Å². The minimum atomic E-state index is 0.591. The van der Waals surface area contributed by atoms with Crippen LogP contribution in [0.2, 0.25) is 0 Å². The quantitative estimate of drug-likeness (QED) is 0.775. The molecule has 1 aromatic rings. The van der Waals surface area contributed by atoms with Crippen LogP contribution in [0.4, 0.5) is 0 Å². The van der Waals surface area contributed by atoms with Crippen LogP contribution in [-0.2, 0) is 0 Å². The third-order valence-electron chi connectivity index (χ3n) is 2.36. The van der Waals surface area contributed by atoms with Gasteiger partial charge in [0.15, 0.2) is 0 Å². The first kappa shape index (κ1) is 11.2. The number of pyridine rings is 1. The molecule has 0 saturated heterocycles. The number of nitrogens with zero attached hydrogens (tertiary/aromatic N) is 1. The van der Waals surface area contributed by atoms with Crippen molar-refractivity contribution in [3.05, 3.63) is 30.1 Å². The molecule has 0 saturated carbocycles. The van der Waals surface area contributed by atoms with E-state index < -0.39 is 0 Å². The highest BCUT2D eigenvalue weighted by atomic mass is 14.8. The molecule has 1 aromatic heterocycles. The van der Waals surface area contributed by atoms with Crippen LogP contribution in [0.1, 0.15) is 31.7 Å². The van der Waals surface area contributed by atoms with Crippen molar-refractivity contribution >= 4 is 0 Å². The Hall–Kier alpha value is -0.890. The van der Waals surface area contributed by atoms with Crippen LogP contribution in [-0.4, -0.2) is 18.6 Å². The van der Waals surface area contributed by atoms with Crippen molar-refractivity contribution in [2.75, 3.05) is 13.6 Å². The van der Waals surface area contributed by atoms with Crippen molar-refractivity contribution < 1.29 is 0 Å². The molecule has 1 rings (SSSR count). The second-order valence-electron chi connectivity index (χ2n) is 4.17. The number of rotatable bonds is 5. The standard InChI is InChI=1S/C12H20N2/c1-10(2)7-12(8-13-3)11-5-4-6-14-9-11/h4-6,9-10,12-13H,7-8H2,1-3H3. The zero-order valence-corrected chi connectivity index (χ0v) is 9.33. The summed E-state index contributed by atoms with van der Waals surface area (Å²) >= 11 is 0. The fourth-order valence-corrected chi connectivity index (χ4v) is 1.77. The lowest BCUT2D eigenvalue weighted by Gasteiger charge is -2.18. The second kappa shape index (κ2) is 5.76. The molecule has 14 heavy (non-hydrogen) atoms. The lowest BCUT2D eigenvalue weighted by molar-refractivity contribution is 0.483. The number of hydrogen-bond acceptors (Lipinski definition) is 2. The van der Waals surface area contributed by atoms with E-state index in [9.17, 15) is 0 Å². The number of aromatic nitrogens is 1. The van der Waals surface area contributed by atoms with E-state index in [1.165, 1.54) is 12.0 Å². The van der Waals surface area contributed by atoms with Crippen LogP contribution < -0.4 is 5.32 Å². The average molecular weight is 192 g/mol. The molecule has 0 fully saturated rings. The zero-order valence-electron chi connectivity index (χ0n) is 9.33. The summed E-state index contributed by atoms with van der Waals surface area (Å²) < 4.78 is 0. The highest BCUT2D eigenvalue weighted by Gasteiger charge is 2.12. The van der Waals surface area contributed by atoms with Crippen LogP contribution >= 0.6 is 0 Å². The second-order valence-corrected chi connectivity index (χ2v) is 4.17.